The van der Waals surface area contributed by atoms with Crippen LogP contribution in [-0.2, 0) is 9.53 Å². The van der Waals surface area contributed by atoms with E-state index < -0.39 is 12.0 Å². The fourth-order valence-corrected chi connectivity index (χ4v) is 5.08. The van der Waals surface area contributed by atoms with Crippen LogP contribution in [0, 0.1) is 0 Å². The summed E-state index contributed by atoms with van der Waals surface area (Å²) in [5, 5.41) is 0.555. The Bertz CT molecular complexity index is 1450. The highest BCUT2D eigenvalue weighted by Crippen LogP contribution is 2.32. The maximum Gasteiger partial charge on any atom is 0.338 e. The van der Waals surface area contributed by atoms with Crippen LogP contribution >= 0.6 is 22.9 Å². The first-order valence-corrected chi connectivity index (χ1v) is 11.7. The molecule has 0 saturated carbocycles. The number of carbonyl (C=O) groups excluding carboxylic acids is 1. The molecule has 0 radical (unpaired) electrons. The highest BCUT2D eigenvalue weighted by atomic mass is 35.5. The molecule has 0 bridgehead atoms. The van der Waals surface area contributed by atoms with Gasteiger partial charge in [0.15, 0.2) is 16.3 Å². The molecule has 176 valence electrons. The van der Waals surface area contributed by atoms with Crippen molar-refractivity contribution >= 4 is 35.0 Å². The van der Waals surface area contributed by atoms with Crippen LogP contribution in [0.25, 0.3) is 6.08 Å². The monoisotopic (exact) mass is 498 g/mol. The Morgan fingerprint density at radius 1 is 1.18 bits per heavy atom. The van der Waals surface area contributed by atoms with Crippen molar-refractivity contribution in [2.24, 2.45) is 4.99 Å². The number of ether oxygens (including phenoxy) is 3. The molecule has 34 heavy (non-hydrogen) atoms. The zero-order valence-corrected chi connectivity index (χ0v) is 20.7. The Kier molecular flexibility index (Phi) is 6.90. The number of fused-ring (bicyclic) bond motifs is 1. The van der Waals surface area contributed by atoms with Gasteiger partial charge in [0.2, 0.25) is 0 Å². The van der Waals surface area contributed by atoms with Crippen molar-refractivity contribution in [2.45, 2.75) is 19.9 Å². The molecule has 0 amide bonds. The molecule has 1 aliphatic heterocycles. The van der Waals surface area contributed by atoms with Gasteiger partial charge in [-0.3, -0.25) is 9.36 Å². The molecule has 2 heterocycles. The maximum atomic E-state index is 13.7. The van der Waals surface area contributed by atoms with E-state index in [9.17, 15) is 9.59 Å². The number of halogens is 1. The highest BCUT2D eigenvalue weighted by Gasteiger charge is 2.33. The van der Waals surface area contributed by atoms with Crippen molar-refractivity contribution in [3.05, 3.63) is 89.6 Å². The molecule has 1 atom stereocenters. The summed E-state index contributed by atoms with van der Waals surface area (Å²) in [6.07, 6.45) is 1.74. The number of methoxy groups -OCH3 is 2. The first-order valence-electron chi connectivity index (χ1n) is 10.6. The number of aromatic nitrogens is 1. The van der Waals surface area contributed by atoms with Crippen molar-refractivity contribution in [1.82, 2.24) is 4.57 Å². The molecule has 0 N–H and O–H groups in total. The lowest BCUT2D eigenvalue weighted by Crippen LogP contribution is -2.39. The van der Waals surface area contributed by atoms with E-state index in [2.05, 4.69) is 4.99 Å². The minimum atomic E-state index is -0.693. The number of allylic oxidation sites excluding steroid dienone is 1. The number of hydrogen-bond acceptors (Lipinski definition) is 7. The lowest BCUT2D eigenvalue weighted by molar-refractivity contribution is -0.139. The van der Waals surface area contributed by atoms with Gasteiger partial charge in [-0.1, -0.05) is 47.2 Å². The quantitative estimate of drug-likeness (QED) is 0.486. The first kappa shape index (κ1) is 23.8. The lowest BCUT2D eigenvalue weighted by atomic mass is 9.96. The van der Waals surface area contributed by atoms with E-state index in [1.54, 1.807) is 64.5 Å². The van der Waals surface area contributed by atoms with Gasteiger partial charge in [0, 0.05) is 10.6 Å². The molecule has 4 rings (SSSR count). The van der Waals surface area contributed by atoms with Gasteiger partial charge in [-0.25, -0.2) is 9.79 Å². The summed E-state index contributed by atoms with van der Waals surface area (Å²) in [6.45, 7) is 3.70. The summed E-state index contributed by atoms with van der Waals surface area (Å²) in [7, 11) is 3.10. The molecule has 1 aromatic heterocycles. The van der Waals surface area contributed by atoms with E-state index in [4.69, 9.17) is 25.8 Å². The van der Waals surface area contributed by atoms with Crippen molar-refractivity contribution in [1.29, 1.82) is 0 Å². The van der Waals surface area contributed by atoms with Crippen LogP contribution in [0.3, 0.4) is 0 Å². The van der Waals surface area contributed by atoms with Crippen LogP contribution in [0.2, 0.25) is 5.02 Å². The third-order valence-electron chi connectivity index (χ3n) is 5.42. The van der Waals surface area contributed by atoms with Crippen LogP contribution in [-0.4, -0.2) is 31.4 Å². The Labute approximate surface area is 205 Å². The zero-order chi connectivity index (χ0) is 24.4. The van der Waals surface area contributed by atoms with Crippen molar-refractivity contribution in [3.8, 4) is 11.5 Å². The standard InChI is InChI=1S/C25H23ClN2O5S/c1-5-33-24(30)20-14(2)27-25-28(21(20)15-9-11-17(26)12-10-15)23(29)19(34-25)13-16-7-6-8-18(31-3)22(16)32-4/h6-13,21H,5H2,1-4H3/b19-13+/t21-/m0/s1. The molecule has 9 heteroatoms. The van der Waals surface area contributed by atoms with Gasteiger partial charge in [-0.05, 0) is 43.7 Å². The highest BCUT2D eigenvalue weighted by molar-refractivity contribution is 7.07. The smallest absolute Gasteiger partial charge is 0.338 e. The van der Waals surface area contributed by atoms with Gasteiger partial charge in [0.1, 0.15) is 0 Å². The number of carbonyl (C=O) groups is 1. The van der Waals surface area contributed by atoms with Crippen LogP contribution in [0.4, 0.5) is 0 Å². The van der Waals surface area contributed by atoms with Crippen LogP contribution in [0.5, 0.6) is 11.5 Å². The van der Waals surface area contributed by atoms with Crippen molar-refractivity contribution < 1.29 is 19.0 Å². The number of esters is 1. The largest absolute Gasteiger partial charge is 0.493 e. The minimum absolute atomic E-state index is 0.211. The summed E-state index contributed by atoms with van der Waals surface area (Å²) < 4.78 is 18.2. The number of benzene rings is 2. The molecular formula is C25H23ClN2O5S. The number of thiazole rings is 1. The fraction of sp³-hybridized carbons (Fsp3) is 0.240. The van der Waals surface area contributed by atoms with Crippen LogP contribution in [0.1, 0.15) is 31.0 Å². The zero-order valence-electron chi connectivity index (χ0n) is 19.1. The Hall–Kier alpha value is -3.36. The second-order valence-electron chi connectivity index (χ2n) is 7.44. The van der Waals surface area contributed by atoms with Gasteiger partial charge < -0.3 is 14.2 Å². The number of hydrogen-bond donors (Lipinski definition) is 0. The van der Waals surface area contributed by atoms with E-state index in [0.717, 1.165) is 5.56 Å². The molecule has 0 unspecified atom stereocenters. The average Bonchev–Trinajstić information content (AvgIpc) is 3.13. The number of rotatable bonds is 6. The Morgan fingerprint density at radius 2 is 1.91 bits per heavy atom. The Morgan fingerprint density at radius 3 is 2.56 bits per heavy atom. The number of para-hydroxylation sites is 1. The summed E-state index contributed by atoms with van der Waals surface area (Å²) >= 11 is 7.33. The van der Waals surface area contributed by atoms with Crippen molar-refractivity contribution in [2.75, 3.05) is 20.8 Å². The van der Waals surface area contributed by atoms with E-state index in [0.29, 0.717) is 42.7 Å². The lowest BCUT2D eigenvalue weighted by Gasteiger charge is -2.24. The summed E-state index contributed by atoms with van der Waals surface area (Å²) in [5.74, 6) is 0.574. The van der Waals surface area contributed by atoms with Crippen LogP contribution < -0.4 is 24.4 Å². The molecular weight excluding hydrogens is 476 g/mol. The minimum Gasteiger partial charge on any atom is -0.493 e. The predicted octanol–water partition coefficient (Wildman–Crippen LogP) is 3.47. The van der Waals surface area contributed by atoms with Gasteiger partial charge in [-0.2, -0.15) is 0 Å². The molecule has 0 spiro atoms. The maximum absolute atomic E-state index is 13.7. The molecule has 3 aromatic rings. The van der Waals surface area contributed by atoms with E-state index in [-0.39, 0.29) is 12.2 Å². The fourth-order valence-electron chi connectivity index (χ4n) is 3.92. The molecule has 0 aliphatic carbocycles. The van der Waals surface area contributed by atoms with Gasteiger partial charge in [0.05, 0.1) is 42.7 Å². The van der Waals surface area contributed by atoms with Crippen molar-refractivity contribution in [3.63, 3.8) is 0 Å². The Balaban J connectivity index is 1.97. The molecule has 0 saturated heterocycles. The van der Waals surface area contributed by atoms with Gasteiger partial charge in [-0.15, -0.1) is 0 Å². The van der Waals surface area contributed by atoms with E-state index >= 15 is 0 Å². The summed E-state index contributed by atoms with van der Waals surface area (Å²) in [5.41, 5.74) is 1.97. The molecule has 0 fully saturated rings. The topological polar surface area (TPSA) is 79.1 Å². The van der Waals surface area contributed by atoms with E-state index in [1.807, 2.05) is 12.1 Å². The second-order valence-corrected chi connectivity index (χ2v) is 8.88. The van der Waals surface area contributed by atoms with Crippen LogP contribution in [0.15, 0.2) is 63.5 Å². The molecule has 7 nitrogen and oxygen atoms in total. The molecule has 2 aromatic carbocycles. The van der Waals surface area contributed by atoms with E-state index in [1.165, 1.54) is 15.9 Å². The third-order valence-corrected chi connectivity index (χ3v) is 6.66. The first-order chi connectivity index (χ1) is 16.4. The number of nitrogens with zero attached hydrogens (tertiary/aromatic N) is 2. The third kappa shape index (κ3) is 4.26. The van der Waals surface area contributed by atoms with Gasteiger partial charge >= 0.3 is 5.97 Å². The average molecular weight is 499 g/mol. The molecule has 1 aliphatic rings. The summed E-state index contributed by atoms with van der Waals surface area (Å²) in [4.78, 5) is 31.7. The summed E-state index contributed by atoms with van der Waals surface area (Å²) in [6, 6.07) is 11.8. The SMILES string of the molecule is CCOC(=O)C1=C(C)N=c2s/c(=C/c3cccc(OC)c3OC)c(=O)n2[C@H]1c1ccc(Cl)cc1. The second kappa shape index (κ2) is 9.87. The van der Waals surface area contributed by atoms with Gasteiger partial charge in [0.25, 0.3) is 5.56 Å². The predicted molar refractivity (Wildman–Crippen MR) is 131 cm³/mol. The normalized spacial score (nSPS) is 15.6.